The van der Waals surface area contributed by atoms with Crippen LogP contribution in [0.1, 0.15) is 31.7 Å². The minimum Gasteiger partial charge on any atom is -0.497 e. The Bertz CT molecular complexity index is 845. The summed E-state index contributed by atoms with van der Waals surface area (Å²) in [7, 11) is 1.63. The van der Waals surface area contributed by atoms with Gasteiger partial charge in [0.15, 0.2) is 0 Å². The third-order valence-corrected chi connectivity index (χ3v) is 5.38. The Kier molecular flexibility index (Phi) is 6.82. The summed E-state index contributed by atoms with van der Waals surface area (Å²) in [6, 6.07) is 14.5. The van der Waals surface area contributed by atoms with E-state index in [9.17, 15) is 14.9 Å². The number of nitrogens with zero attached hydrogens (tertiary/aromatic N) is 3. The van der Waals surface area contributed by atoms with Gasteiger partial charge in [-0.15, -0.1) is 0 Å². The number of ether oxygens (including phenoxy) is 1. The number of hydrogen-bond donors (Lipinski definition) is 0. The molecule has 1 amide bonds. The second kappa shape index (κ2) is 9.52. The van der Waals surface area contributed by atoms with Crippen molar-refractivity contribution < 1.29 is 14.5 Å². The first-order chi connectivity index (χ1) is 14.0. The molecule has 1 fully saturated rings. The molecular weight excluding hydrogens is 370 g/mol. The molecule has 1 saturated heterocycles. The van der Waals surface area contributed by atoms with Gasteiger partial charge in [0.2, 0.25) is 5.91 Å². The van der Waals surface area contributed by atoms with E-state index in [2.05, 4.69) is 4.90 Å². The number of methoxy groups -OCH3 is 1. The van der Waals surface area contributed by atoms with Gasteiger partial charge in [-0.05, 0) is 30.5 Å². The van der Waals surface area contributed by atoms with Crippen molar-refractivity contribution in [2.45, 2.75) is 38.8 Å². The zero-order chi connectivity index (χ0) is 20.8. The maximum atomic E-state index is 12.7. The summed E-state index contributed by atoms with van der Waals surface area (Å²) in [5, 5.41) is 10.8. The minimum absolute atomic E-state index is 0.111. The number of nitro benzene ring substituents is 1. The second-order valence-corrected chi connectivity index (χ2v) is 7.25. The van der Waals surface area contributed by atoms with E-state index in [1.54, 1.807) is 19.2 Å². The molecule has 3 rings (SSSR count). The molecule has 0 radical (unpaired) electrons. The van der Waals surface area contributed by atoms with E-state index in [1.165, 1.54) is 0 Å². The number of hydrogen-bond acceptors (Lipinski definition) is 5. The van der Waals surface area contributed by atoms with Gasteiger partial charge in [-0.2, -0.15) is 0 Å². The summed E-state index contributed by atoms with van der Waals surface area (Å²) in [5.41, 5.74) is 2.05. The smallest absolute Gasteiger partial charge is 0.269 e. The number of carbonyl (C=O) groups is 1. The van der Waals surface area contributed by atoms with Gasteiger partial charge < -0.3 is 9.64 Å². The third kappa shape index (κ3) is 5.12. The summed E-state index contributed by atoms with van der Waals surface area (Å²) in [5.74, 6) is 0.860. The Morgan fingerprint density at radius 1 is 1.21 bits per heavy atom. The fourth-order valence-corrected chi connectivity index (χ4v) is 3.81. The van der Waals surface area contributed by atoms with Crippen molar-refractivity contribution in [2.75, 3.05) is 25.1 Å². The molecule has 7 nitrogen and oxygen atoms in total. The van der Waals surface area contributed by atoms with E-state index in [0.29, 0.717) is 6.42 Å². The molecule has 0 bridgehead atoms. The molecule has 29 heavy (non-hydrogen) atoms. The second-order valence-electron chi connectivity index (χ2n) is 7.25. The number of anilines is 1. The van der Waals surface area contributed by atoms with Crippen LogP contribution in [0, 0.1) is 10.1 Å². The highest BCUT2D eigenvalue weighted by Gasteiger charge is 2.28. The first kappa shape index (κ1) is 20.8. The van der Waals surface area contributed by atoms with E-state index in [4.69, 9.17) is 4.74 Å². The number of benzene rings is 2. The van der Waals surface area contributed by atoms with Gasteiger partial charge in [0.05, 0.1) is 12.0 Å². The van der Waals surface area contributed by atoms with Crippen LogP contribution in [0.25, 0.3) is 0 Å². The predicted octanol–water partition coefficient (Wildman–Crippen LogP) is 4.01. The summed E-state index contributed by atoms with van der Waals surface area (Å²) >= 11 is 0. The number of likely N-dealkylation sites (tertiary alicyclic amines) is 1. The Labute approximate surface area is 171 Å². The first-order valence-electron chi connectivity index (χ1n) is 9.93. The van der Waals surface area contributed by atoms with Gasteiger partial charge >= 0.3 is 0 Å². The van der Waals surface area contributed by atoms with Gasteiger partial charge in [0, 0.05) is 56.0 Å². The summed E-state index contributed by atoms with van der Waals surface area (Å²) in [4.78, 5) is 27.4. The average molecular weight is 397 g/mol. The molecule has 0 atom stereocenters. The number of carbonyl (C=O) groups excluding carboxylic acids is 1. The van der Waals surface area contributed by atoms with Crippen molar-refractivity contribution in [3.63, 3.8) is 0 Å². The summed E-state index contributed by atoms with van der Waals surface area (Å²) in [6.07, 6.45) is 2.23. The highest BCUT2D eigenvalue weighted by Crippen LogP contribution is 2.28. The molecule has 0 spiro atoms. The third-order valence-electron chi connectivity index (χ3n) is 5.38. The van der Waals surface area contributed by atoms with Crippen LogP contribution in [0.15, 0.2) is 48.5 Å². The van der Waals surface area contributed by atoms with Crippen molar-refractivity contribution >= 4 is 17.3 Å². The van der Waals surface area contributed by atoms with Gasteiger partial charge in [0.25, 0.3) is 5.69 Å². The van der Waals surface area contributed by atoms with E-state index >= 15 is 0 Å². The normalized spacial score (nSPS) is 15.1. The first-order valence-corrected chi connectivity index (χ1v) is 9.93. The minimum atomic E-state index is -0.382. The Balaban J connectivity index is 1.65. The van der Waals surface area contributed by atoms with Crippen LogP contribution in [0.4, 0.5) is 11.4 Å². The molecule has 0 saturated carbocycles. The highest BCUT2D eigenvalue weighted by atomic mass is 16.6. The van der Waals surface area contributed by atoms with Crippen LogP contribution in [0.5, 0.6) is 5.75 Å². The number of nitro groups is 1. The molecule has 7 heteroatoms. The lowest BCUT2D eigenvalue weighted by Gasteiger charge is -2.38. The lowest BCUT2D eigenvalue weighted by Crippen LogP contribution is -2.47. The highest BCUT2D eigenvalue weighted by molar-refractivity contribution is 5.94. The SMILES string of the molecule is CCC(=O)N(c1cccc(OC)c1)C1CCN(Cc2ccc([N+](=O)[O-])cc2)CC1. The molecule has 0 N–H and O–H groups in total. The number of rotatable bonds is 7. The monoisotopic (exact) mass is 397 g/mol. The Morgan fingerprint density at radius 2 is 1.90 bits per heavy atom. The molecule has 1 aliphatic rings. The molecule has 2 aromatic rings. The molecule has 0 aliphatic carbocycles. The van der Waals surface area contributed by atoms with Crippen molar-refractivity contribution in [3.8, 4) is 5.75 Å². The zero-order valence-corrected chi connectivity index (χ0v) is 16.9. The quantitative estimate of drug-likeness (QED) is 0.521. The van der Waals surface area contributed by atoms with Crippen LogP contribution < -0.4 is 9.64 Å². The zero-order valence-electron chi connectivity index (χ0n) is 16.9. The maximum absolute atomic E-state index is 12.7. The Morgan fingerprint density at radius 3 is 2.48 bits per heavy atom. The van der Waals surface area contributed by atoms with Crippen LogP contribution in [0.2, 0.25) is 0 Å². The van der Waals surface area contributed by atoms with Gasteiger partial charge in [-0.1, -0.05) is 25.1 Å². The van der Waals surface area contributed by atoms with E-state index in [0.717, 1.165) is 49.5 Å². The van der Waals surface area contributed by atoms with Crippen molar-refractivity contribution in [1.29, 1.82) is 0 Å². The molecule has 0 aromatic heterocycles. The number of non-ortho nitro benzene ring substituents is 1. The molecule has 2 aromatic carbocycles. The van der Waals surface area contributed by atoms with Crippen LogP contribution in [-0.2, 0) is 11.3 Å². The van der Waals surface area contributed by atoms with Gasteiger partial charge in [0.1, 0.15) is 5.75 Å². The van der Waals surface area contributed by atoms with E-state index < -0.39 is 0 Å². The lowest BCUT2D eigenvalue weighted by molar-refractivity contribution is -0.384. The molecule has 1 heterocycles. The summed E-state index contributed by atoms with van der Waals surface area (Å²) in [6.45, 7) is 4.39. The molecule has 1 aliphatic heterocycles. The number of amides is 1. The Hall–Kier alpha value is -2.93. The maximum Gasteiger partial charge on any atom is 0.269 e. The predicted molar refractivity (Wildman–Crippen MR) is 112 cm³/mol. The van der Waals surface area contributed by atoms with Crippen LogP contribution in [-0.4, -0.2) is 42.0 Å². The van der Waals surface area contributed by atoms with E-state index in [1.807, 2.05) is 48.2 Å². The lowest BCUT2D eigenvalue weighted by atomic mass is 10.0. The largest absolute Gasteiger partial charge is 0.497 e. The fourth-order valence-electron chi connectivity index (χ4n) is 3.81. The van der Waals surface area contributed by atoms with Gasteiger partial charge in [-0.25, -0.2) is 0 Å². The molecule has 0 unspecified atom stereocenters. The molecule has 154 valence electrons. The average Bonchev–Trinajstić information content (AvgIpc) is 2.75. The van der Waals surface area contributed by atoms with E-state index in [-0.39, 0.29) is 22.6 Å². The van der Waals surface area contributed by atoms with Crippen molar-refractivity contribution in [3.05, 3.63) is 64.2 Å². The molecular formula is C22H27N3O4. The fraction of sp³-hybridized carbons (Fsp3) is 0.409. The number of piperidine rings is 1. The van der Waals surface area contributed by atoms with Crippen LogP contribution >= 0.6 is 0 Å². The van der Waals surface area contributed by atoms with Crippen molar-refractivity contribution in [2.24, 2.45) is 0 Å². The topological polar surface area (TPSA) is 75.9 Å². The van der Waals surface area contributed by atoms with Crippen LogP contribution in [0.3, 0.4) is 0 Å². The standard InChI is InChI=1S/C22H27N3O4/c1-3-22(26)24(20-5-4-6-21(15-20)29-2)18-11-13-23(14-12-18)16-17-7-9-19(10-8-17)25(27)28/h4-10,15,18H,3,11-14,16H2,1-2H3. The van der Waals surface area contributed by atoms with Gasteiger partial charge in [-0.3, -0.25) is 19.8 Å². The summed E-state index contributed by atoms with van der Waals surface area (Å²) < 4.78 is 5.32. The van der Waals surface area contributed by atoms with Crippen molar-refractivity contribution in [1.82, 2.24) is 4.90 Å².